The molecule has 1 atom stereocenters. The first kappa shape index (κ1) is 14.0. The summed E-state index contributed by atoms with van der Waals surface area (Å²) in [5.74, 6) is 0.787. The van der Waals surface area contributed by atoms with Crippen LogP contribution >= 0.6 is 11.3 Å². The van der Waals surface area contributed by atoms with Crippen molar-refractivity contribution in [3.63, 3.8) is 0 Å². The van der Waals surface area contributed by atoms with Gasteiger partial charge in [0.2, 0.25) is 0 Å². The number of hydrogen-bond donors (Lipinski definition) is 1. The Hall–Kier alpha value is -1.92. The lowest BCUT2D eigenvalue weighted by atomic mass is 10.1. The summed E-state index contributed by atoms with van der Waals surface area (Å²) in [5, 5.41) is 5.20. The van der Waals surface area contributed by atoms with E-state index in [1.807, 2.05) is 28.6 Å². The summed E-state index contributed by atoms with van der Waals surface area (Å²) in [6.07, 6.45) is 3.57. The number of amides is 1. The number of nitrogens with one attached hydrogen (secondary N) is 1. The quantitative estimate of drug-likeness (QED) is 0.941. The molecule has 0 radical (unpaired) electrons. The molecule has 21 heavy (non-hydrogen) atoms. The molecule has 3 heterocycles. The molecule has 0 aliphatic carbocycles. The van der Waals surface area contributed by atoms with Gasteiger partial charge in [0, 0.05) is 43.5 Å². The molecule has 110 valence electrons. The largest absolute Gasteiger partial charge is 0.496 e. The Morgan fingerprint density at radius 1 is 1.57 bits per heavy atom. The maximum atomic E-state index is 12.7. The first-order valence-electron chi connectivity index (χ1n) is 6.83. The standard InChI is InChI=1S/C15H17N3O2S/c1-20-12-7-14(21-10-12)15(19)18-6-5-17-9-13(18)11-3-2-4-16-8-11/h2-4,7-8,10,13,17H,5-6,9H2,1H3. The van der Waals surface area contributed by atoms with Crippen molar-refractivity contribution in [3.8, 4) is 5.75 Å². The number of rotatable bonds is 3. The number of hydrogen-bond acceptors (Lipinski definition) is 5. The zero-order chi connectivity index (χ0) is 14.7. The van der Waals surface area contributed by atoms with Gasteiger partial charge in [-0.3, -0.25) is 9.78 Å². The lowest BCUT2D eigenvalue weighted by molar-refractivity contribution is 0.0639. The molecule has 0 saturated carbocycles. The van der Waals surface area contributed by atoms with Crippen LogP contribution in [0.1, 0.15) is 21.3 Å². The number of pyridine rings is 1. The minimum absolute atomic E-state index is 0.0213. The van der Waals surface area contributed by atoms with Crippen LogP contribution in [0.5, 0.6) is 5.75 Å². The molecular weight excluding hydrogens is 286 g/mol. The van der Waals surface area contributed by atoms with Crippen molar-refractivity contribution >= 4 is 17.2 Å². The van der Waals surface area contributed by atoms with Gasteiger partial charge in [-0.1, -0.05) is 6.07 Å². The van der Waals surface area contributed by atoms with E-state index in [2.05, 4.69) is 10.3 Å². The third-order valence-corrected chi connectivity index (χ3v) is 4.49. The number of nitrogens with zero attached hydrogens (tertiary/aromatic N) is 2. The van der Waals surface area contributed by atoms with E-state index in [9.17, 15) is 4.79 Å². The van der Waals surface area contributed by atoms with Crippen LogP contribution in [0.2, 0.25) is 0 Å². The number of aromatic nitrogens is 1. The molecule has 3 rings (SSSR count). The lowest BCUT2D eigenvalue weighted by Crippen LogP contribution is -2.48. The van der Waals surface area contributed by atoms with Crippen molar-refractivity contribution in [2.45, 2.75) is 6.04 Å². The van der Waals surface area contributed by atoms with Crippen LogP contribution in [0.25, 0.3) is 0 Å². The minimum Gasteiger partial charge on any atom is -0.496 e. The van der Waals surface area contributed by atoms with Gasteiger partial charge < -0.3 is 15.0 Å². The molecule has 1 saturated heterocycles. The molecule has 1 aliphatic heterocycles. The highest BCUT2D eigenvalue weighted by molar-refractivity contribution is 7.12. The van der Waals surface area contributed by atoms with Crippen molar-refractivity contribution in [1.29, 1.82) is 0 Å². The van der Waals surface area contributed by atoms with E-state index in [0.717, 1.165) is 24.4 Å². The van der Waals surface area contributed by atoms with E-state index < -0.39 is 0 Å². The summed E-state index contributed by atoms with van der Waals surface area (Å²) in [6, 6.07) is 5.74. The smallest absolute Gasteiger partial charge is 0.264 e. The number of carbonyl (C=O) groups excluding carboxylic acids is 1. The molecule has 2 aromatic rings. The maximum Gasteiger partial charge on any atom is 0.264 e. The SMILES string of the molecule is COc1csc(C(=O)N2CCNCC2c2cccnc2)c1. The van der Waals surface area contributed by atoms with Crippen molar-refractivity contribution in [2.24, 2.45) is 0 Å². The Bertz CT molecular complexity index is 614. The maximum absolute atomic E-state index is 12.7. The predicted molar refractivity (Wildman–Crippen MR) is 81.8 cm³/mol. The topological polar surface area (TPSA) is 54.5 Å². The fourth-order valence-electron chi connectivity index (χ4n) is 2.50. The summed E-state index contributed by atoms with van der Waals surface area (Å²) in [5.41, 5.74) is 1.06. The molecule has 0 aromatic carbocycles. The van der Waals surface area contributed by atoms with Crippen LogP contribution in [0.15, 0.2) is 36.0 Å². The van der Waals surface area contributed by atoms with Gasteiger partial charge >= 0.3 is 0 Å². The Labute approximate surface area is 127 Å². The number of thiophene rings is 1. The monoisotopic (exact) mass is 303 g/mol. The van der Waals surface area contributed by atoms with Crippen LogP contribution in [0.4, 0.5) is 0 Å². The first-order chi connectivity index (χ1) is 10.3. The van der Waals surface area contributed by atoms with Crippen molar-refractivity contribution < 1.29 is 9.53 Å². The summed E-state index contributed by atoms with van der Waals surface area (Å²) >= 11 is 1.42. The molecule has 2 aromatic heterocycles. The van der Waals surface area contributed by atoms with Gasteiger partial charge in [-0.2, -0.15) is 0 Å². The Kier molecular flexibility index (Phi) is 4.17. The summed E-state index contributed by atoms with van der Waals surface area (Å²) in [7, 11) is 1.61. The highest BCUT2D eigenvalue weighted by Gasteiger charge is 2.29. The molecule has 0 spiro atoms. The fourth-order valence-corrected chi connectivity index (χ4v) is 3.31. The second kappa shape index (κ2) is 6.24. The van der Waals surface area contributed by atoms with Gasteiger partial charge in [-0.25, -0.2) is 0 Å². The van der Waals surface area contributed by atoms with Gasteiger partial charge in [0.15, 0.2) is 0 Å². The highest BCUT2D eigenvalue weighted by atomic mass is 32.1. The summed E-state index contributed by atoms with van der Waals surface area (Å²) < 4.78 is 5.16. The van der Waals surface area contributed by atoms with E-state index in [-0.39, 0.29) is 11.9 Å². The second-order valence-corrected chi connectivity index (χ2v) is 5.77. The lowest BCUT2D eigenvalue weighted by Gasteiger charge is -2.36. The Morgan fingerprint density at radius 3 is 3.19 bits per heavy atom. The molecule has 1 aliphatic rings. The summed E-state index contributed by atoms with van der Waals surface area (Å²) in [6.45, 7) is 2.25. The average Bonchev–Trinajstić information content (AvgIpc) is 3.04. The van der Waals surface area contributed by atoms with Crippen molar-refractivity contribution in [2.75, 3.05) is 26.7 Å². The average molecular weight is 303 g/mol. The van der Waals surface area contributed by atoms with Crippen LogP contribution in [-0.4, -0.2) is 42.5 Å². The van der Waals surface area contributed by atoms with E-state index in [4.69, 9.17) is 4.74 Å². The zero-order valence-electron chi connectivity index (χ0n) is 11.8. The van der Waals surface area contributed by atoms with Gasteiger partial charge in [-0.15, -0.1) is 11.3 Å². The third kappa shape index (κ3) is 2.91. The minimum atomic E-state index is 0.0213. The Balaban J connectivity index is 1.85. The number of piperazine rings is 1. The highest BCUT2D eigenvalue weighted by Crippen LogP contribution is 2.27. The van der Waals surface area contributed by atoms with Gasteiger partial charge in [0.25, 0.3) is 5.91 Å². The van der Waals surface area contributed by atoms with E-state index in [1.165, 1.54) is 11.3 Å². The molecular formula is C15H17N3O2S. The van der Waals surface area contributed by atoms with Crippen molar-refractivity contribution in [1.82, 2.24) is 15.2 Å². The number of carbonyl (C=O) groups is 1. The van der Waals surface area contributed by atoms with E-state index in [1.54, 1.807) is 19.4 Å². The molecule has 1 amide bonds. The normalized spacial score (nSPS) is 18.5. The number of ether oxygens (including phenoxy) is 1. The molecule has 5 nitrogen and oxygen atoms in total. The fraction of sp³-hybridized carbons (Fsp3) is 0.333. The first-order valence-corrected chi connectivity index (χ1v) is 7.71. The Morgan fingerprint density at radius 2 is 2.48 bits per heavy atom. The van der Waals surface area contributed by atoms with Crippen molar-refractivity contribution in [3.05, 3.63) is 46.4 Å². The van der Waals surface area contributed by atoms with E-state index in [0.29, 0.717) is 11.4 Å². The molecule has 6 heteroatoms. The van der Waals surface area contributed by atoms with Crippen LogP contribution in [0.3, 0.4) is 0 Å². The second-order valence-electron chi connectivity index (χ2n) is 4.86. The van der Waals surface area contributed by atoms with Gasteiger partial charge in [0.05, 0.1) is 18.0 Å². The van der Waals surface area contributed by atoms with Crippen LogP contribution in [-0.2, 0) is 0 Å². The zero-order valence-corrected chi connectivity index (χ0v) is 12.6. The summed E-state index contributed by atoms with van der Waals surface area (Å²) in [4.78, 5) is 19.5. The molecule has 1 N–H and O–H groups in total. The van der Waals surface area contributed by atoms with Gasteiger partial charge in [0.1, 0.15) is 5.75 Å². The predicted octanol–water partition coefficient (Wildman–Crippen LogP) is 1.94. The van der Waals surface area contributed by atoms with Crippen LogP contribution in [0, 0.1) is 0 Å². The van der Waals surface area contributed by atoms with Gasteiger partial charge in [-0.05, 0) is 11.6 Å². The third-order valence-electron chi connectivity index (χ3n) is 3.60. The molecule has 1 fully saturated rings. The van der Waals surface area contributed by atoms with E-state index >= 15 is 0 Å². The number of methoxy groups -OCH3 is 1. The molecule has 0 bridgehead atoms. The van der Waals surface area contributed by atoms with Crippen LogP contribution < -0.4 is 10.1 Å². The molecule has 1 unspecified atom stereocenters.